The predicted octanol–water partition coefficient (Wildman–Crippen LogP) is 2.00. The maximum absolute atomic E-state index is 12.3. The van der Waals surface area contributed by atoms with E-state index in [-0.39, 0.29) is 17.8 Å². The van der Waals surface area contributed by atoms with E-state index >= 15 is 0 Å². The van der Waals surface area contributed by atoms with Crippen LogP contribution in [0.25, 0.3) is 0 Å². The van der Waals surface area contributed by atoms with E-state index in [4.69, 9.17) is 0 Å². The molecule has 1 fully saturated rings. The Balaban J connectivity index is 1.78. The van der Waals surface area contributed by atoms with Gasteiger partial charge < -0.3 is 15.1 Å². The number of carbonyl (C=O) groups is 1. The summed E-state index contributed by atoms with van der Waals surface area (Å²) in [6, 6.07) is 7.11. The molecule has 0 aliphatic carbocycles. The number of hydrogen-bond acceptors (Lipinski definition) is 4. The summed E-state index contributed by atoms with van der Waals surface area (Å²) in [6.45, 7) is 6.98. The fourth-order valence-corrected chi connectivity index (χ4v) is 4.83. The Hall–Kier alpha value is -1.64. The molecule has 0 spiro atoms. The van der Waals surface area contributed by atoms with E-state index in [0.29, 0.717) is 12.5 Å². The first-order valence-corrected chi connectivity index (χ1v) is 11.5. The average molecular weight is 411 g/mol. The van der Waals surface area contributed by atoms with Crippen LogP contribution < -0.4 is 10.0 Å². The van der Waals surface area contributed by atoms with Gasteiger partial charge in [-0.15, -0.1) is 0 Å². The second-order valence-corrected chi connectivity index (χ2v) is 9.89. The summed E-state index contributed by atoms with van der Waals surface area (Å²) in [5, 5.41) is 2.94. The van der Waals surface area contributed by atoms with Gasteiger partial charge in [-0.05, 0) is 63.9 Å². The molecule has 0 unspecified atom stereocenters. The molecule has 0 aromatic heterocycles. The molecule has 2 rings (SSSR count). The molecule has 8 heteroatoms. The van der Waals surface area contributed by atoms with Crippen LogP contribution >= 0.6 is 0 Å². The van der Waals surface area contributed by atoms with E-state index in [1.807, 2.05) is 19.2 Å². The van der Waals surface area contributed by atoms with Gasteiger partial charge in [-0.1, -0.05) is 24.3 Å². The first-order chi connectivity index (χ1) is 13.1. The van der Waals surface area contributed by atoms with Crippen LogP contribution in [0.2, 0.25) is 0 Å². The molecule has 0 saturated carbocycles. The lowest BCUT2D eigenvalue weighted by atomic mass is 9.97. The Labute approximate surface area is 169 Å². The Morgan fingerprint density at radius 2 is 1.75 bits per heavy atom. The molecule has 2 amide bonds. The maximum atomic E-state index is 12.3. The molecule has 0 radical (unpaired) electrons. The van der Waals surface area contributed by atoms with Crippen LogP contribution in [0.5, 0.6) is 0 Å². The smallest absolute Gasteiger partial charge is 0.317 e. The molecule has 1 heterocycles. The highest BCUT2D eigenvalue weighted by atomic mass is 32.2. The van der Waals surface area contributed by atoms with Crippen molar-refractivity contribution in [1.29, 1.82) is 0 Å². The summed E-state index contributed by atoms with van der Waals surface area (Å²) >= 11 is 0. The number of sulfonamides is 1. The molecule has 0 atom stereocenters. The lowest BCUT2D eigenvalue weighted by Crippen LogP contribution is -2.42. The molecule has 1 aromatic carbocycles. The number of carbonyl (C=O) groups excluding carboxylic acids is 1. The minimum absolute atomic E-state index is 0.0445. The van der Waals surface area contributed by atoms with E-state index in [9.17, 15) is 13.2 Å². The number of hydrogen-bond donors (Lipinski definition) is 2. The van der Waals surface area contributed by atoms with Crippen LogP contribution in [0.15, 0.2) is 24.3 Å². The second kappa shape index (κ2) is 10.2. The molecular weight excluding hydrogens is 376 g/mol. The van der Waals surface area contributed by atoms with Gasteiger partial charge in [-0.25, -0.2) is 17.9 Å². The predicted molar refractivity (Wildman–Crippen MR) is 112 cm³/mol. The van der Waals surface area contributed by atoms with Crippen LogP contribution in [-0.4, -0.2) is 64.0 Å². The molecule has 2 N–H and O–H groups in total. The largest absolute Gasteiger partial charge is 0.334 e. The quantitative estimate of drug-likeness (QED) is 0.687. The molecule has 28 heavy (non-hydrogen) atoms. The molecule has 1 aromatic rings. The van der Waals surface area contributed by atoms with Crippen LogP contribution in [0.4, 0.5) is 4.79 Å². The Kier molecular flexibility index (Phi) is 8.27. The number of urea groups is 1. The minimum atomic E-state index is -3.33. The van der Waals surface area contributed by atoms with Gasteiger partial charge in [0.25, 0.3) is 0 Å². The van der Waals surface area contributed by atoms with Gasteiger partial charge >= 0.3 is 6.03 Å². The second-order valence-electron chi connectivity index (χ2n) is 8.13. The monoisotopic (exact) mass is 410 g/mol. The Morgan fingerprint density at radius 3 is 2.32 bits per heavy atom. The molecule has 1 aliphatic heterocycles. The van der Waals surface area contributed by atoms with Crippen molar-refractivity contribution < 1.29 is 13.2 Å². The van der Waals surface area contributed by atoms with Gasteiger partial charge in [0.1, 0.15) is 0 Å². The SMILES string of the molecule is CC(C)NS(=O)(=O)Cc1ccc(CNC(=O)N(C)CC2CCN(C)CC2)cc1. The molecule has 7 nitrogen and oxygen atoms in total. The summed E-state index contributed by atoms with van der Waals surface area (Å²) < 4.78 is 26.6. The topological polar surface area (TPSA) is 81.8 Å². The lowest BCUT2D eigenvalue weighted by Gasteiger charge is -2.31. The highest BCUT2D eigenvalue weighted by Gasteiger charge is 2.20. The zero-order chi connectivity index (χ0) is 20.7. The van der Waals surface area contributed by atoms with Gasteiger partial charge in [0.15, 0.2) is 0 Å². The fraction of sp³-hybridized carbons (Fsp3) is 0.650. The first kappa shape index (κ1) is 22.6. The van der Waals surface area contributed by atoms with Crippen molar-refractivity contribution in [3.05, 3.63) is 35.4 Å². The van der Waals surface area contributed by atoms with Crippen LogP contribution in [0, 0.1) is 5.92 Å². The van der Waals surface area contributed by atoms with Crippen molar-refractivity contribution in [3.63, 3.8) is 0 Å². The average Bonchev–Trinajstić information content (AvgIpc) is 2.61. The number of likely N-dealkylation sites (tertiary alicyclic amines) is 1. The van der Waals surface area contributed by atoms with Gasteiger partial charge in [0.2, 0.25) is 10.0 Å². The summed E-state index contributed by atoms with van der Waals surface area (Å²) in [4.78, 5) is 16.4. The summed E-state index contributed by atoms with van der Waals surface area (Å²) in [7, 11) is 0.639. The highest BCUT2D eigenvalue weighted by Crippen LogP contribution is 2.16. The van der Waals surface area contributed by atoms with Gasteiger partial charge in [-0.2, -0.15) is 0 Å². The zero-order valence-electron chi connectivity index (χ0n) is 17.4. The Morgan fingerprint density at radius 1 is 1.18 bits per heavy atom. The Bertz CT molecular complexity index is 726. The van der Waals surface area contributed by atoms with Crippen molar-refractivity contribution in [2.75, 3.05) is 33.7 Å². The summed E-state index contributed by atoms with van der Waals surface area (Å²) in [5.74, 6) is 0.518. The molecule has 0 bridgehead atoms. The minimum Gasteiger partial charge on any atom is -0.334 e. The van der Waals surface area contributed by atoms with Crippen molar-refractivity contribution in [3.8, 4) is 0 Å². The van der Waals surface area contributed by atoms with Gasteiger partial charge in [-0.3, -0.25) is 0 Å². The summed E-state index contributed by atoms with van der Waals surface area (Å²) in [5.41, 5.74) is 1.67. The molecular formula is C20H34N4O3S. The van der Waals surface area contributed by atoms with E-state index in [0.717, 1.165) is 43.6 Å². The number of piperidine rings is 1. The zero-order valence-corrected chi connectivity index (χ0v) is 18.3. The standard InChI is InChI=1S/C20H34N4O3S/c1-16(2)22-28(26,27)15-19-7-5-17(6-8-19)13-21-20(25)24(4)14-18-9-11-23(3)12-10-18/h5-8,16,18,22H,9-15H2,1-4H3,(H,21,25). The van der Waals surface area contributed by atoms with Crippen LogP contribution in [-0.2, 0) is 22.3 Å². The summed E-state index contributed by atoms with van der Waals surface area (Å²) in [6.07, 6.45) is 2.26. The van der Waals surface area contributed by atoms with Crippen molar-refractivity contribution in [2.24, 2.45) is 5.92 Å². The van der Waals surface area contributed by atoms with E-state index in [1.165, 1.54) is 0 Å². The van der Waals surface area contributed by atoms with Crippen molar-refractivity contribution >= 4 is 16.1 Å². The third kappa shape index (κ3) is 7.77. The third-order valence-corrected chi connectivity index (χ3v) is 6.50. The van der Waals surface area contributed by atoms with Crippen LogP contribution in [0.1, 0.15) is 37.8 Å². The maximum Gasteiger partial charge on any atom is 0.317 e. The van der Waals surface area contributed by atoms with Crippen molar-refractivity contribution in [2.45, 2.75) is 45.0 Å². The third-order valence-electron chi connectivity index (χ3n) is 4.96. The highest BCUT2D eigenvalue weighted by molar-refractivity contribution is 7.88. The molecule has 1 aliphatic rings. The van der Waals surface area contributed by atoms with E-state index < -0.39 is 10.0 Å². The number of rotatable bonds is 8. The number of nitrogens with zero attached hydrogens (tertiary/aromatic N) is 2. The van der Waals surface area contributed by atoms with Gasteiger partial charge in [0, 0.05) is 26.2 Å². The number of nitrogens with one attached hydrogen (secondary N) is 2. The first-order valence-electron chi connectivity index (χ1n) is 9.90. The molecule has 158 valence electrons. The van der Waals surface area contributed by atoms with Gasteiger partial charge in [0.05, 0.1) is 5.75 Å². The molecule has 1 saturated heterocycles. The number of benzene rings is 1. The van der Waals surface area contributed by atoms with E-state index in [2.05, 4.69) is 22.0 Å². The normalized spacial score (nSPS) is 16.3. The lowest BCUT2D eigenvalue weighted by molar-refractivity contribution is 0.170. The van der Waals surface area contributed by atoms with Crippen molar-refractivity contribution in [1.82, 2.24) is 19.8 Å². The van der Waals surface area contributed by atoms with Crippen LogP contribution in [0.3, 0.4) is 0 Å². The number of amides is 2. The fourth-order valence-electron chi connectivity index (χ4n) is 3.40. The van der Waals surface area contributed by atoms with E-state index in [1.54, 1.807) is 30.9 Å².